The standard InChI is InChI=1S/C51H35NO/c1-34-45-15-6-7-19-50(45)53-51(34)42-14-8-13-40(32-42)37-22-20-35(21-23-37)36-26-28-43(29-27-36)52(49-18-9-12-38-10-3-5-17-48(38)49)44-30-31-47-41(33-44)25-24-39-11-2-4-16-46(39)47/h2-33H,1H3. The fourth-order valence-electron chi connectivity index (χ4n) is 7.92. The Morgan fingerprint density at radius 1 is 0.358 bits per heavy atom. The van der Waals surface area contributed by atoms with Gasteiger partial charge in [0, 0.05) is 33.3 Å². The van der Waals surface area contributed by atoms with Crippen molar-refractivity contribution in [3.05, 3.63) is 200 Å². The number of rotatable bonds is 6. The van der Waals surface area contributed by atoms with Gasteiger partial charge in [-0.3, -0.25) is 0 Å². The van der Waals surface area contributed by atoms with E-state index < -0.39 is 0 Å². The second-order valence-electron chi connectivity index (χ2n) is 13.8. The summed E-state index contributed by atoms with van der Waals surface area (Å²) in [4.78, 5) is 2.39. The molecule has 0 aliphatic heterocycles. The molecule has 0 bridgehead atoms. The molecule has 10 rings (SSSR count). The minimum atomic E-state index is 0.923. The topological polar surface area (TPSA) is 16.4 Å². The highest BCUT2D eigenvalue weighted by atomic mass is 16.3. The van der Waals surface area contributed by atoms with E-state index in [0.29, 0.717) is 0 Å². The van der Waals surface area contributed by atoms with Gasteiger partial charge in [-0.05, 0) is 98.6 Å². The molecule has 0 aliphatic rings. The summed E-state index contributed by atoms with van der Waals surface area (Å²) in [6.45, 7) is 2.14. The first kappa shape index (κ1) is 30.9. The van der Waals surface area contributed by atoms with Gasteiger partial charge in [-0.25, -0.2) is 0 Å². The Balaban J connectivity index is 0.998. The maximum absolute atomic E-state index is 6.29. The van der Waals surface area contributed by atoms with Crippen LogP contribution in [-0.2, 0) is 0 Å². The van der Waals surface area contributed by atoms with Crippen molar-refractivity contribution in [2.24, 2.45) is 0 Å². The Hall–Kier alpha value is -6.90. The molecular weight excluding hydrogens is 643 g/mol. The first-order valence-electron chi connectivity index (χ1n) is 18.2. The molecule has 0 radical (unpaired) electrons. The molecule has 250 valence electrons. The fourth-order valence-corrected chi connectivity index (χ4v) is 7.92. The van der Waals surface area contributed by atoms with Crippen molar-refractivity contribution in [3.63, 3.8) is 0 Å². The third-order valence-corrected chi connectivity index (χ3v) is 10.6. The van der Waals surface area contributed by atoms with Gasteiger partial charge >= 0.3 is 0 Å². The quantitative estimate of drug-likeness (QED) is 0.163. The first-order valence-corrected chi connectivity index (χ1v) is 18.2. The molecule has 2 heteroatoms. The Kier molecular flexibility index (Phi) is 7.40. The zero-order valence-electron chi connectivity index (χ0n) is 29.3. The van der Waals surface area contributed by atoms with Crippen molar-refractivity contribution >= 4 is 60.3 Å². The minimum absolute atomic E-state index is 0.923. The predicted molar refractivity (Wildman–Crippen MR) is 224 cm³/mol. The van der Waals surface area contributed by atoms with Gasteiger partial charge in [-0.15, -0.1) is 0 Å². The number of hydrogen-bond acceptors (Lipinski definition) is 2. The van der Waals surface area contributed by atoms with E-state index in [0.717, 1.165) is 39.4 Å². The molecule has 2 nitrogen and oxygen atoms in total. The Morgan fingerprint density at radius 3 is 1.68 bits per heavy atom. The molecule has 0 saturated carbocycles. The summed E-state index contributed by atoms with van der Waals surface area (Å²) >= 11 is 0. The maximum Gasteiger partial charge on any atom is 0.138 e. The molecule has 0 N–H and O–H groups in total. The lowest BCUT2D eigenvalue weighted by Gasteiger charge is -2.27. The molecule has 1 heterocycles. The SMILES string of the molecule is Cc1c(-c2cccc(-c3ccc(-c4ccc(N(c5ccc6c(ccc7ccccc76)c5)c5cccc6ccccc56)cc4)cc3)c2)oc2ccccc12. The number of aryl methyl sites for hydroxylation is 1. The third-order valence-electron chi connectivity index (χ3n) is 10.6. The van der Waals surface area contributed by atoms with Crippen molar-refractivity contribution in [2.75, 3.05) is 4.90 Å². The number of fused-ring (bicyclic) bond motifs is 5. The van der Waals surface area contributed by atoms with E-state index in [9.17, 15) is 0 Å². The molecule has 0 amide bonds. The minimum Gasteiger partial charge on any atom is -0.456 e. The molecule has 9 aromatic carbocycles. The number of benzene rings is 9. The largest absolute Gasteiger partial charge is 0.456 e. The van der Waals surface area contributed by atoms with Crippen molar-refractivity contribution in [1.29, 1.82) is 0 Å². The maximum atomic E-state index is 6.29. The molecule has 0 atom stereocenters. The van der Waals surface area contributed by atoms with Crippen LogP contribution in [0.2, 0.25) is 0 Å². The van der Waals surface area contributed by atoms with Gasteiger partial charge in [0.05, 0.1) is 5.69 Å². The van der Waals surface area contributed by atoms with E-state index in [4.69, 9.17) is 4.42 Å². The molecule has 1 aromatic heterocycles. The van der Waals surface area contributed by atoms with Gasteiger partial charge in [0.1, 0.15) is 11.3 Å². The summed E-state index contributed by atoms with van der Waals surface area (Å²) in [6, 6.07) is 69.9. The highest BCUT2D eigenvalue weighted by Crippen LogP contribution is 2.41. The van der Waals surface area contributed by atoms with E-state index in [1.165, 1.54) is 60.1 Å². The summed E-state index contributed by atoms with van der Waals surface area (Å²) in [5.41, 5.74) is 11.3. The zero-order chi connectivity index (χ0) is 35.3. The van der Waals surface area contributed by atoms with Crippen LogP contribution < -0.4 is 4.90 Å². The van der Waals surface area contributed by atoms with Crippen molar-refractivity contribution in [3.8, 4) is 33.6 Å². The van der Waals surface area contributed by atoms with Gasteiger partial charge < -0.3 is 9.32 Å². The van der Waals surface area contributed by atoms with Crippen molar-refractivity contribution < 1.29 is 4.42 Å². The number of nitrogens with zero attached hydrogens (tertiary/aromatic N) is 1. The molecule has 0 saturated heterocycles. The average molecular weight is 678 g/mol. The van der Waals surface area contributed by atoms with Crippen LogP contribution in [0, 0.1) is 6.92 Å². The predicted octanol–water partition coefficient (Wildman–Crippen LogP) is 14.7. The number of para-hydroxylation sites is 1. The van der Waals surface area contributed by atoms with E-state index in [2.05, 4.69) is 194 Å². The number of anilines is 3. The highest BCUT2D eigenvalue weighted by Gasteiger charge is 2.17. The Morgan fingerprint density at radius 2 is 0.906 bits per heavy atom. The summed E-state index contributed by atoms with van der Waals surface area (Å²) < 4.78 is 6.29. The van der Waals surface area contributed by atoms with Crippen LogP contribution in [0.25, 0.3) is 76.9 Å². The lowest BCUT2D eigenvalue weighted by Crippen LogP contribution is -2.10. The molecule has 0 aliphatic carbocycles. The Labute approximate surface area is 308 Å². The second kappa shape index (κ2) is 12.7. The average Bonchev–Trinajstić information content (AvgIpc) is 3.57. The molecule has 0 unspecified atom stereocenters. The van der Waals surface area contributed by atoms with E-state index >= 15 is 0 Å². The molecule has 0 spiro atoms. The summed E-state index contributed by atoms with van der Waals surface area (Å²) in [7, 11) is 0. The second-order valence-corrected chi connectivity index (χ2v) is 13.8. The highest BCUT2D eigenvalue weighted by molar-refractivity contribution is 6.09. The van der Waals surface area contributed by atoms with Crippen LogP contribution in [0.3, 0.4) is 0 Å². The van der Waals surface area contributed by atoms with Crippen LogP contribution in [-0.4, -0.2) is 0 Å². The molecule has 10 aromatic rings. The first-order chi connectivity index (χ1) is 26.2. The molecule has 53 heavy (non-hydrogen) atoms. The number of furan rings is 1. The molecule has 0 fully saturated rings. The smallest absolute Gasteiger partial charge is 0.138 e. The zero-order valence-corrected chi connectivity index (χ0v) is 29.3. The summed E-state index contributed by atoms with van der Waals surface area (Å²) in [5, 5.41) is 8.62. The van der Waals surface area contributed by atoms with Gasteiger partial charge in [-0.2, -0.15) is 0 Å². The van der Waals surface area contributed by atoms with Crippen molar-refractivity contribution in [2.45, 2.75) is 6.92 Å². The monoisotopic (exact) mass is 677 g/mol. The fraction of sp³-hybridized carbons (Fsp3) is 0.0196. The van der Waals surface area contributed by atoms with Gasteiger partial charge in [0.2, 0.25) is 0 Å². The van der Waals surface area contributed by atoms with Crippen molar-refractivity contribution in [1.82, 2.24) is 0 Å². The van der Waals surface area contributed by atoms with Crippen LogP contribution >= 0.6 is 0 Å². The Bertz CT molecular complexity index is 2950. The van der Waals surface area contributed by atoms with E-state index in [1.54, 1.807) is 0 Å². The summed E-state index contributed by atoms with van der Waals surface area (Å²) in [5.74, 6) is 0.930. The normalized spacial score (nSPS) is 11.5. The third kappa shape index (κ3) is 5.44. The van der Waals surface area contributed by atoms with Crippen LogP contribution in [0.5, 0.6) is 0 Å². The van der Waals surface area contributed by atoms with Gasteiger partial charge in [0.25, 0.3) is 0 Å². The molecular formula is C51H35NO. The van der Waals surface area contributed by atoms with Crippen LogP contribution in [0.4, 0.5) is 17.1 Å². The van der Waals surface area contributed by atoms with Crippen LogP contribution in [0.15, 0.2) is 199 Å². The van der Waals surface area contributed by atoms with E-state index in [-0.39, 0.29) is 0 Å². The lowest BCUT2D eigenvalue weighted by atomic mass is 9.97. The lowest BCUT2D eigenvalue weighted by molar-refractivity contribution is 0.629. The van der Waals surface area contributed by atoms with E-state index in [1.807, 2.05) is 12.1 Å². The van der Waals surface area contributed by atoms with Gasteiger partial charge in [0.15, 0.2) is 0 Å². The van der Waals surface area contributed by atoms with Gasteiger partial charge in [-0.1, -0.05) is 152 Å². The summed E-state index contributed by atoms with van der Waals surface area (Å²) in [6.07, 6.45) is 0. The number of hydrogen-bond donors (Lipinski definition) is 0. The van der Waals surface area contributed by atoms with Crippen LogP contribution in [0.1, 0.15) is 5.56 Å².